The summed E-state index contributed by atoms with van der Waals surface area (Å²) in [4.78, 5) is 0. The molecule has 1 aliphatic carbocycles. The molecule has 1 saturated carbocycles. The van der Waals surface area contributed by atoms with Crippen LogP contribution in [0.25, 0.3) is 11.0 Å². The molecule has 1 aliphatic rings. The van der Waals surface area contributed by atoms with Crippen LogP contribution in [-0.2, 0) is 0 Å². The maximum atomic E-state index is 12.9. The molecule has 0 amide bonds. The van der Waals surface area contributed by atoms with Gasteiger partial charge >= 0.3 is 128 Å². The van der Waals surface area contributed by atoms with Crippen LogP contribution in [0.3, 0.4) is 0 Å². The van der Waals surface area contributed by atoms with Gasteiger partial charge in [0.1, 0.15) is 0 Å². The van der Waals surface area contributed by atoms with E-state index in [4.69, 9.17) is 0 Å². The van der Waals surface area contributed by atoms with Crippen molar-refractivity contribution in [2.24, 2.45) is 0 Å². The van der Waals surface area contributed by atoms with E-state index in [2.05, 4.69) is 19.3 Å². The molecule has 4 rings (SSSR count). The fraction of sp³-hybridized carbons (Fsp3) is 0.250. The summed E-state index contributed by atoms with van der Waals surface area (Å²) in [5.74, 6) is 0.366. The number of benzene rings is 2. The van der Waals surface area contributed by atoms with Crippen molar-refractivity contribution in [3.8, 4) is 0 Å². The normalized spacial score (nSPS) is 21.2. The zero-order valence-electron chi connectivity index (χ0n) is 11.3. The van der Waals surface area contributed by atoms with E-state index < -0.39 is 0 Å². The van der Waals surface area contributed by atoms with Crippen LogP contribution in [0.4, 0.5) is 10.1 Å². The van der Waals surface area contributed by atoms with Crippen LogP contribution in [0, 0.1) is 5.82 Å². The van der Waals surface area contributed by atoms with Crippen LogP contribution in [0.2, 0.25) is 0 Å². The summed E-state index contributed by atoms with van der Waals surface area (Å²) < 4.78 is 21.8. The van der Waals surface area contributed by atoms with Gasteiger partial charge in [-0.05, 0) is 0 Å². The Labute approximate surface area is 128 Å². The summed E-state index contributed by atoms with van der Waals surface area (Å²) in [7, 11) is 0. The maximum absolute atomic E-state index is 12.9. The number of nitrogens with zero attached hydrogens (tertiary/aromatic N) is 2. The molecule has 0 bridgehead atoms. The first kappa shape index (κ1) is 13.0. The fourth-order valence-corrected chi connectivity index (χ4v) is 4.04. The molecule has 5 heteroatoms. The van der Waals surface area contributed by atoms with Gasteiger partial charge in [0.05, 0.1) is 0 Å². The van der Waals surface area contributed by atoms with E-state index in [0.717, 1.165) is 29.6 Å². The van der Waals surface area contributed by atoms with Crippen LogP contribution in [-0.4, -0.2) is 29.0 Å². The second-order valence-corrected chi connectivity index (χ2v) is 6.61. The number of fused-ring (bicyclic) bond motifs is 1. The van der Waals surface area contributed by atoms with Gasteiger partial charge in [-0.15, -0.1) is 0 Å². The van der Waals surface area contributed by atoms with Crippen molar-refractivity contribution in [1.82, 2.24) is 7.96 Å². The topological polar surface area (TPSA) is 37.8 Å². The Bertz CT molecular complexity index is 763. The molecule has 106 valence electrons. The molecule has 0 atom stereocenters. The SMILES string of the molecule is Fc1ccc(C2CC(Nc3cccc4n[se]nc34)C2)cc1. The number of hydrogen-bond acceptors (Lipinski definition) is 3. The van der Waals surface area contributed by atoms with Gasteiger partial charge in [0.15, 0.2) is 0 Å². The molecule has 1 heterocycles. The molecule has 1 aromatic heterocycles. The van der Waals surface area contributed by atoms with E-state index in [1.165, 1.54) is 5.56 Å². The molecule has 2 aromatic carbocycles. The molecule has 3 nitrogen and oxygen atoms in total. The van der Waals surface area contributed by atoms with Crippen LogP contribution in [0.1, 0.15) is 24.3 Å². The van der Waals surface area contributed by atoms with Crippen LogP contribution < -0.4 is 5.32 Å². The molecule has 0 radical (unpaired) electrons. The van der Waals surface area contributed by atoms with Crippen molar-refractivity contribution in [1.29, 1.82) is 0 Å². The first-order valence-corrected chi connectivity index (χ1v) is 8.56. The molecule has 1 N–H and O–H groups in total. The van der Waals surface area contributed by atoms with E-state index in [-0.39, 0.29) is 20.8 Å². The van der Waals surface area contributed by atoms with Crippen LogP contribution in [0.15, 0.2) is 42.5 Å². The molecule has 3 aromatic rings. The van der Waals surface area contributed by atoms with Gasteiger partial charge in [-0.1, -0.05) is 0 Å². The zero-order chi connectivity index (χ0) is 14.2. The standard InChI is InChI=1S/C16H14FN3Se/c17-12-6-4-10(5-7-12)11-8-13(9-11)18-14-2-1-3-15-16(14)20-21-19-15/h1-7,11,13,18H,8-9H2. The van der Waals surface area contributed by atoms with Crippen molar-refractivity contribution in [3.63, 3.8) is 0 Å². The molecular formula is C16H14FN3Se. The number of halogens is 1. The first-order chi connectivity index (χ1) is 10.3. The summed E-state index contributed by atoms with van der Waals surface area (Å²) in [6.07, 6.45) is 2.16. The van der Waals surface area contributed by atoms with Crippen LogP contribution >= 0.6 is 0 Å². The summed E-state index contributed by atoms with van der Waals surface area (Å²) >= 11 is 0.0103. The number of aromatic nitrogens is 2. The summed E-state index contributed by atoms with van der Waals surface area (Å²) in [5, 5.41) is 3.57. The van der Waals surface area contributed by atoms with E-state index in [1.807, 2.05) is 24.3 Å². The van der Waals surface area contributed by atoms with Gasteiger partial charge in [0.25, 0.3) is 0 Å². The number of hydrogen-bond donors (Lipinski definition) is 1. The Morgan fingerprint density at radius 1 is 1.05 bits per heavy atom. The minimum absolute atomic E-state index is 0.0103. The van der Waals surface area contributed by atoms with Gasteiger partial charge in [-0.2, -0.15) is 0 Å². The van der Waals surface area contributed by atoms with Gasteiger partial charge in [-0.3, -0.25) is 0 Å². The van der Waals surface area contributed by atoms with Crippen molar-refractivity contribution < 1.29 is 4.39 Å². The Balaban J connectivity index is 1.44. The fourth-order valence-electron chi connectivity index (χ4n) is 2.89. The molecule has 1 fully saturated rings. The Hall–Kier alpha value is -1.71. The van der Waals surface area contributed by atoms with Crippen molar-refractivity contribution in [2.45, 2.75) is 24.8 Å². The van der Waals surface area contributed by atoms with Crippen molar-refractivity contribution >= 4 is 31.7 Å². The molecule has 21 heavy (non-hydrogen) atoms. The summed E-state index contributed by atoms with van der Waals surface area (Å²) in [6, 6.07) is 13.5. The summed E-state index contributed by atoms with van der Waals surface area (Å²) in [5.41, 5.74) is 4.35. The third-order valence-corrected chi connectivity index (χ3v) is 5.26. The van der Waals surface area contributed by atoms with E-state index in [1.54, 1.807) is 12.1 Å². The van der Waals surface area contributed by atoms with E-state index >= 15 is 0 Å². The number of nitrogens with one attached hydrogen (secondary N) is 1. The molecular weight excluding hydrogens is 332 g/mol. The quantitative estimate of drug-likeness (QED) is 0.741. The minimum atomic E-state index is -0.167. The average Bonchev–Trinajstić information content (AvgIpc) is 2.93. The van der Waals surface area contributed by atoms with Gasteiger partial charge in [0.2, 0.25) is 0 Å². The van der Waals surface area contributed by atoms with Gasteiger partial charge < -0.3 is 0 Å². The predicted molar refractivity (Wildman–Crippen MR) is 82.3 cm³/mol. The summed E-state index contributed by atoms with van der Waals surface area (Å²) in [6.45, 7) is 0. The third-order valence-electron chi connectivity index (χ3n) is 4.13. The van der Waals surface area contributed by atoms with Crippen LogP contribution in [0.5, 0.6) is 0 Å². The zero-order valence-corrected chi connectivity index (χ0v) is 13.0. The Morgan fingerprint density at radius 3 is 2.67 bits per heavy atom. The number of anilines is 1. The second kappa shape index (κ2) is 5.24. The average molecular weight is 346 g/mol. The monoisotopic (exact) mass is 347 g/mol. The van der Waals surface area contributed by atoms with Crippen molar-refractivity contribution in [2.75, 3.05) is 5.32 Å². The molecule has 0 aliphatic heterocycles. The van der Waals surface area contributed by atoms with E-state index in [9.17, 15) is 4.39 Å². The number of rotatable bonds is 3. The molecule has 0 saturated heterocycles. The molecule has 0 unspecified atom stereocenters. The second-order valence-electron chi connectivity index (χ2n) is 5.50. The van der Waals surface area contributed by atoms with Crippen molar-refractivity contribution in [3.05, 3.63) is 53.8 Å². The van der Waals surface area contributed by atoms with Gasteiger partial charge in [0, 0.05) is 0 Å². The first-order valence-electron chi connectivity index (χ1n) is 7.03. The Kier molecular flexibility index (Phi) is 3.24. The molecule has 0 spiro atoms. The Morgan fingerprint density at radius 2 is 1.86 bits per heavy atom. The van der Waals surface area contributed by atoms with Gasteiger partial charge in [-0.25, -0.2) is 0 Å². The third kappa shape index (κ3) is 2.47. The predicted octanol–water partition coefficient (Wildman–Crippen LogP) is 3.18. The van der Waals surface area contributed by atoms with E-state index in [0.29, 0.717) is 12.0 Å².